The maximum absolute atomic E-state index is 12.2. The number of hydrogen-bond donors (Lipinski definition) is 2. The molecule has 0 heterocycles. The summed E-state index contributed by atoms with van der Waals surface area (Å²) in [6, 6.07) is 7.01. The highest BCUT2D eigenvalue weighted by molar-refractivity contribution is 5.92. The Kier molecular flexibility index (Phi) is 5.77. The van der Waals surface area contributed by atoms with E-state index < -0.39 is 5.97 Å². The number of rotatable bonds is 5. The largest absolute Gasteiger partial charge is 0.482 e. The van der Waals surface area contributed by atoms with Crippen molar-refractivity contribution in [2.75, 3.05) is 19.0 Å². The lowest BCUT2D eigenvalue weighted by molar-refractivity contribution is -0.142. The monoisotopic (exact) mass is 306 g/mol. The summed E-state index contributed by atoms with van der Waals surface area (Å²) in [7, 11) is 1.31. The Morgan fingerprint density at radius 2 is 2.00 bits per heavy atom. The van der Waals surface area contributed by atoms with E-state index in [4.69, 9.17) is 10.5 Å². The third kappa shape index (κ3) is 4.73. The summed E-state index contributed by atoms with van der Waals surface area (Å²) in [5.41, 5.74) is 6.61. The molecule has 22 heavy (non-hydrogen) atoms. The molecule has 3 N–H and O–H groups in total. The van der Waals surface area contributed by atoms with Crippen molar-refractivity contribution in [2.24, 2.45) is 11.7 Å². The van der Waals surface area contributed by atoms with Gasteiger partial charge in [-0.2, -0.15) is 0 Å². The zero-order chi connectivity index (χ0) is 15.9. The molecule has 6 heteroatoms. The molecular formula is C16H22N2O4. The molecule has 2 atom stereocenters. The van der Waals surface area contributed by atoms with E-state index in [9.17, 15) is 9.59 Å². The lowest BCUT2D eigenvalue weighted by atomic mass is 9.85. The fraction of sp³-hybridized carbons (Fsp3) is 0.500. The summed E-state index contributed by atoms with van der Waals surface area (Å²) in [6.07, 6.45) is 3.63. The Hall–Kier alpha value is -2.08. The van der Waals surface area contributed by atoms with Crippen molar-refractivity contribution >= 4 is 17.6 Å². The predicted octanol–water partition coefficient (Wildman–Crippen LogP) is 1.69. The quantitative estimate of drug-likeness (QED) is 0.808. The van der Waals surface area contributed by atoms with Crippen LogP contribution in [0.25, 0.3) is 0 Å². The minimum absolute atomic E-state index is 0.0124. The molecule has 120 valence electrons. The van der Waals surface area contributed by atoms with Crippen molar-refractivity contribution in [3.05, 3.63) is 24.3 Å². The fourth-order valence-electron chi connectivity index (χ4n) is 2.55. The average molecular weight is 306 g/mol. The first kappa shape index (κ1) is 16.3. The molecule has 1 saturated carbocycles. The number of ether oxygens (including phenoxy) is 2. The molecule has 0 saturated heterocycles. The number of carbonyl (C=O) groups is 2. The van der Waals surface area contributed by atoms with Gasteiger partial charge >= 0.3 is 5.97 Å². The molecule has 1 aromatic carbocycles. The number of hydrogen-bond acceptors (Lipinski definition) is 5. The number of anilines is 1. The summed E-state index contributed by atoms with van der Waals surface area (Å²) in [5.74, 6) is 0.103. The summed E-state index contributed by atoms with van der Waals surface area (Å²) in [4.78, 5) is 23.2. The van der Waals surface area contributed by atoms with Crippen molar-refractivity contribution < 1.29 is 19.1 Å². The Morgan fingerprint density at radius 3 is 2.64 bits per heavy atom. The summed E-state index contributed by atoms with van der Waals surface area (Å²) >= 11 is 0. The maximum atomic E-state index is 12.2. The lowest BCUT2D eigenvalue weighted by Gasteiger charge is -2.25. The third-order valence-electron chi connectivity index (χ3n) is 3.79. The Balaban J connectivity index is 1.85. The van der Waals surface area contributed by atoms with Gasteiger partial charge in [0, 0.05) is 17.6 Å². The van der Waals surface area contributed by atoms with Crippen LogP contribution in [0, 0.1) is 5.92 Å². The minimum Gasteiger partial charge on any atom is -0.482 e. The van der Waals surface area contributed by atoms with E-state index >= 15 is 0 Å². The lowest BCUT2D eigenvalue weighted by Crippen LogP contribution is -2.34. The van der Waals surface area contributed by atoms with Crippen LogP contribution in [-0.2, 0) is 14.3 Å². The second kappa shape index (κ2) is 7.79. The molecule has 2 rings (SSSR count). The zero-order valence-corrected chi connectivity index (χ0v) is 12.7. The second-order valence-corrected chi connectivity index (χ2v) is 5.50. The average Bonchev–Trinajstić information content (AvgIpc) is 2.53. The molecule has 0 aromatic heterocycles. The molecular weight excluding hydrogens is 284 g/mol. The van der Waals surface area contributed by atoms with Crippen molar-refractivity contribution in [1.82, 2.24) is 0 Å². The standard InChI is InChI=1S/C16H22N2O4/c1-21-15(19)10-22-14-7-5-13(6-8-14)18-16(20)11-3-2-4-12(17)9-11/h5-8,11-12H,2-4,9-10,17H2,1H3,(H,18,20). The maximum Gasteiger partial charge on any atom is 0.343 e. The Morgan fingerprint density at radius 1 is 1.27 bits per heavy atom. The van der Waals surface area contributed by atoms with Gasteiger partial charge in [-0.05, 0) is 43.5 Å². The highest BCUT2D eigenvalue weighted by atomic mass is 16.6. The number of carbonyl (C=O) groups excluding carboxylic acids is 2. The Bertz CT molecular complexity index is 515. The molecule has 1 aliphatic carbocycles. The fourth-order valence-corrected chi connectivity index (χ4v) is 2.55. The van der Waals surface area contributed by atoms with Crippen molar-refractivity contribution in [3.8, 4) is 5.75 Å². The van der Waals surface area contributed by atoms with E-state index in [-0.39, 0.29) is 24.5 Å². The highest BCUT2D eigenvalue weighted by Crippen LogP contribution is 2.25. The molecule has 6 nitrogen and oxygen atoms in total. The number of nitrogens with one attached hydrogen (secondary N) is 1. The molecule has 1 aliphatic rings. The molecule has 1 amide bonds. The molecule has 0 bridgehead atoms. The van der Waals surface area contributed by atoms with Gasteiger partial charge in [-0.1, -0.05) is 6.42 Å². The zero-order valence-electron chi connectivity index (χ0n) is 12.7. The van der Waals surface area contributed by atoms with Crippen LogP contribution in [0.5, 0.6) is 5.75 Å². The normalized spacial score (nSPS) is 21.0. The topological polar surface area (TPSA) is 90.6 Å². The molecule has 1 fully saturated rings. The number of nitrogens with two attached hydrogens (primary N) is 1. The van der Waals surface area contributed by atoms with Crippen LogP contribution in [-0.4, -0.2) is 31.6 Å². The van der Waals surface area contributed by atoms with Crippen LogP contribution in [0.15, 0.2) is 24.3 Å². The predicted molar refractivity (Wildman–Crippen MR) is 82.5 cm³/mol. The van der Waals surface area contributed by atoms with Gasteiger partial charge in [-0.3, -0.25) is 4.79 Å². The second-order valence-electron chi connectivity index (χ2n) is 5.50. The van der Waals surface area contributed by atoms with Gasteiger partial charge in [-0.15, -0.1) is 0 Å². The number of esters is 1. The van der Waals surface area contributed by atoms with E-state index in [1.165, 1.54) is 7.11 Å². The van der Waals surface area contributed by atoms with E-state index in [1.807, 2.05) is 0 Å². The van der Waals surface area contributed by atoms with E-state index in [2.05, 4.69) is 10.1 Å². The third-order valence-corrected chi connectivity index (χ3v) is 3.79. The van der Waals surface area contributed by atoms with Crippen LogP contribution in [0.3, 0.4) is 0 Å². The molecule has 0 aliphatic heterocycles. The number of methoxy groups -OCH3 is 1. The van der Waals surface area contributed by atoms with Gasteiger partial charge in [0.05, 0.1) is 7.11 Å². The van der Waals surface area contributed by atoms with Gasteiger partial charge in [-0.25, -0.2) is 4.79 Å². The van der Waals surface area contributed by atoms with Crippen molar-refractivity contribution in [3.63, 3.8) is 0 Å². The summed E-state index contributed by atoms with van der Waals surface area (Å²) in [6.45, 7) is -0.137. The van der Waals surface area contributed by atoms with Crippen molar-refractivity contribution in [2.45, 2.75) is 31.7 Å². The Labute approximate surface area is 130 Å². The number of amides is 1. The van der Waals surface area contributed by atoms with Crippen LogP contribution >= 0.6 is 0 Å². The minimum atomic E-state index is -0.439. The van der Waals surface area contributed by atoms with Crippen LogP contribution in [0.2, 0.25) is 0 Å². The van der Waals surface area contributed by atoms with E-state index in [0.717, 1.165) is 25.7 Å². The smallest absolute Gasteiger partial charge is 0.343 e. The summed E-state index contributed by atoms with van der Waals surface area (Å²) in [5, 5.41) is 2.89. The molecule has 1 aromatic rings. The van der Waals surface area contributed by atoms with E-state index in [0.29, 0.717) is 11.4 Å². The van der Waals surface area contributed by atoms with Gasteiger partial charge < -0.3 is 20.5 Å². The van der Waals surface area contributed by atoms with Crippen molar-refractivity contribution in [1.29, 1.82) is 0 Å². The first-order chi connectivity index (χ1) is 10.6. The summed E-state index contributed by atoms with van der Waals surface area (Å²) < 4.78 is 9.74. The first-order valence-electron chi connectivity index (χ1n) is 7.44. The van der Waals surface area contributed by atoms with Gasteiger partial charge in [0.15, 0.2) is 6.61 Å². The van der Waals surface area contributed by atoms with Gasteiger partial charge in [0.2, 0.25) is 5.91 Å². The molecule has 2 unspecified atom stereocenters. The van der Waals surface area contributed by atoms with Crippen LogP contribution in [0.1, 0.15) is 25.7 Å². The first-order valence-corrected chi connectivity index (χ1v) is 7.44. The van der Waals surface area contributed by atoms with Gasteiger partial charge in [0.1, 0.15) is 5.75 Å². The number of benzene rings is 1. The molecule has 0 spiro atoms. The van der Waals surface area contributed by atoms with Gasteiger partial charge in [0.25, 0.3) is 0 Å². The SMILES string of the molecule is COC(=O)COc1ccc(NC(=O)C2CCCC(N)C2)cc1. The highest BCUT2D eigenvalue weighted by Gasteiger charge is 2.25. The van der Waals surface area contributed by atoms with Crippen LogP contribution < -0.4 is 15.8 Å². The van der Waals surface area contributed by atoms with E-state index in [1.54, 1.807) is 24.3 Å². The van der Waals surface area contributed by atoms with Crippen LogP contribution in [0.4, 0.5) is 5.69 Å². The molecule has 0 radical (unpaired) electrons.